The fourth-order valence-corrected chi connectivity index (χ4v) is 1.86. The van der Waals surface area contributed by atoms with Crippen LogP contribution in [0.3, 0.4) is 0 Å². The number of aliphatic carboxylic acids is 1. The van der Waals surface area contributed by atoms with Gasteiger partial charge in [0.05, 0.1) is 7.11 Å². The molecular formula is C15H15ClO3. The van der Waals surface area contributed by atoms with Gasteiger partial charge in [-0.25, -0.2) is 4.79 Å². The van der Waals surface area contributed by atoms with E-state index in [0.717, 1.165) is 27.7 Å². The Bertz CT molecular complexity index is 632. The molecule has 19 heavy (non-hydrogen) atoms. The van der Waals surface area contributed by atoms with Crippen molar-refractivity contribution in [1.29, 1.82) is 0 Å². The normalized spacial score (nSPS) is 10.9. The van der Waals surface area contributed by atoms with Crippen LogP contribution < -0.4 is 4.74 Å². The fourth-order valence-electron chi connectivity index (χ4n) is 1.86. The fraction of sp³-hybridized carbons (Fsp3) is 0.133. The van der Waals surface area contributed by atoms with E-state index < -0.39 is 5.97 Å². The third kappa shape index (κ3) is 3.48. The Balaban J connectivity index is 0.00000180. The summed E-state index contributed by atoms with van der Waals surface area (Å²) in [5.41, 5.74) is 1.65. The van der Waals surface area contributed by atoms with Gasteiger partial charge in [-0.3, -0.25) is 0 Å². The van der Waals surface area contributed by atoms with Gasteiger partial charge in [-0.2, -0.15) is 0 Å². The lowest BCUT2D eigenvalue weighted by Crippen LogP contribution is -1.90. The molecule has 0 aromatic heterocycles. The largest absolute Gasteiger partial charge is 0.497 e. The van der Waals surface area contributed by atoms with Crippen molar-refractivity contribution in [3.63, 3.8) is 0 Å². The van der Waals surface area contributed by atoms with Crippen LogP contribution in [0.4, 0.5) is 0 Å². The molecule has 0 fully saturated rings. The highest BCUT2D eigenvalue weighted by Crippen LogP contribution is 2.24. The van der Waals surface area contributed by atoms with Gasteiger partial charge in [-0.1, -0.05) is 18.2 Å². The zero-order valence-corrected chi connectivity index (χ0v) is 11.5. The lowest BCUT2D eigenvalue weighted by molar-refractivity contribution is -0.131. The zero-order chi connectivity index (χ0) is 13.1. The number of carboxylic acid groups (broad SMARTS) is 1. The lowest BCUT2D eigenvalue weighted by atomic mass is 10.0. The van der Waals surface area contributed by atoms with Gasteiger partial charge >= 0.3 is 5.97 Å². The Morgan fingerprint density at radius 1 is 1.16 bits per heavy atom. The summed E-state index contributed by atoms with van der Waals surface area (Å²) in [6, 6.07) is 11.7. The van der Waals surface area contributed by atoms with Crippen LogP contribution in [0.1, 0.15) is 12.5 Å². The van der Waals surface area contributed by atoms with Crippen molar-refractivity contribution < 1.29 is 14.6 Å². The molecule has 0 amide bonds. The highest BCUT2D eigenvalue weighted by molar-refractivity contribution is 5.92. The standard InChI is InChI=1S/C15H14O3.ClH/c1-10(7-15(16)17)11-3-4-13-9-14(18-2)6-5-12(13)8-11;/h3-9H,1-2H3,(H,16,17);1H. The summed E-state index contributed by atoms with van der Waals surface area (Å²) in [6.07, 6.45) is 1.21. The van der Waals surface area contributed by atoms with Crippen LogP contribution in [-0.4, -0.2) is 18.2 Å². The number of methoxy groups -OCH3 is 1. The van der Waals surface area contributed by atoms with Crippen LogP contribution in [0.5, 0.6) is 5.75 Å². The SMILES string of the molecule is COc1ccc2cc(C(C)=CC(=O)O)ccc2c1.Cl. The molecule has 1 N–H and O–H groups in total. The van der Waals surface area contributed by atoms with E-state index in [2.05, 4.69) is 0 Å². The second kappa shape index (κ2) is 6.25. The summed E-state index contributed by atoms with van der Waals surface area (Å²) >= 11 is 0. The Morgan fingerprint density at radius 2 is 1.79 bits per heavy atom. The number of benzene rings is 2. The van der Waals surface area contributed by atoms with Crippen molar-refractivity contribution in [2.24, 2.45) is 0 Å². The molecule has 0 bridgehead atoms. The van der Waals surface area contributed by atoms with Crippen molar-refractivity contribution >= 4 is 34.7 Å². The molecule has 0 spiro atoms. The number of hydrogen-bond acceptors (Lipinski definition) is 2. The third-order valence-electron chi connectivity index (χ3n) is 2.84. The Hall–Kier alpha value is -2.00. The first-order valence-corrected chi connectivity index (χ1v) is 5.59. The Kier molecular flexibility index (Phi) is 4.95. The van der Waals surface area contributed by atoms with E-state index in [0.29, 0.717) is 0 Å². The second-order valence-electron chi connectivity index (χ2n) is 4.09. The van der Waals surface area contributed by atoms with Gasteiger partial charge in [0, 0.05) is 6.08 Å². The maximum absolute atomic E-state index is 10.6. The number of halogens is 1. The smallest absolute Gasteiger partial charge is 0.328 e. The molecule has 0 unspecified atom stereocenters. The van der Waals surface area contributed by atoms with E-state index in [4.69, 9.17) is 9.84 Å². The van der Waals surface area contributed by atoms with E-state index in [1.807, 2.05) is 36.4 Å². The molecule has 0 heterocycles. The highest BCUT2D eigenvalue weighted by atomic mass is 35.5. The first kappa shape index (κ1) is 15.1. The Labute approximate surface area is 117 Å². The van der Waals surface area contributed by atoms with Crippen LogP contribution in [0.25, 0.3) is 16.3 Å². The molecule has 3 nitrogen and oxygen atoms in total. The van der Waals surface area contributed by atoms with Crippen LogP contribution >= 0.6 is 12.4 Å². The lowest BCUT2D eigenvalue weighted by Gasteiger charge is -2.05. The highest BCUT2D eigenvalue weighted by Gasteiger charge is 2.01. The Morgan fingerprint density at radius 3 is 2.42 bits per heavy atom. The number of ether oxygens (including phenoxy) is 1. The monoisotopic (exact) mass is 278 g/mol. The predicted molar refractivity (Wildman–Crippen MR) is 79.0 cm³/mol. The van der Waals surface area contributed by atoms with Crippen molar-refractivity contribution in [3.05, 3.63) is 48.0 Å². The van der Waals surface area contributed by atoms with Crippen LogP contribution in [0, 0.1) is 0 Å². The van der Waals surface area contributed by atoms with E-state index in [9.17, 15) is 4.79 Å². The maximum Gasteiger partial charge on any atom is 0.328 e. The number of carboxylic acids is 1. The van der Waals surface area contributed by atoms with Gasteiger partial charge in [0.15, 0.2) is 0 Å². The summed E-state index contributed by atoms with van der Waals surface area (Å²) in [5.74, 6) is -0.115. The molecule has 0 saturated carbocycles. The summed E-state index contributed by atoms with van der Waals surface area (Å²) in [7, 11) is 1.63. The number of carbonyl (C=O) groups is 1. The minimum absolute atomic E-state index is 0. The first-order chi connectivity index (χ1) is 8.60. The number of allylic oxidation sites excluding steroid dienone is 1. The van der Waals surface area contributed by atoms with Gasteiger partial charge in [-0.05, 0) is 47.0 Å². The molecule has 2 aromatic rings. The minimum atomic E-state index is -0.928. The van der Waals surface area contributed by atoms with E-state index in [1.165, 1.54) is 6.08 Å². The molecule has 0 aliphatic carbocycles. The average molecular weight is 279 g/mol. The molecule has 100 valence electrons. The molecule has 2 rings (SSSR count). The summed E-state index contributed by atoms with van der Waals surface area (Å²) in [4.78, 5) is 10.6. The molecule has 0 aliphatic heterocycles. The van der Waals surface area contributed by atoms with Gasteiger partial charge in [0.1, 0.15) is 5.75 Å². The van der Waals surface area contributed by atoms with E-state index >= 15 is 0 Å². The van der Waals surface area contributed by atoms with Crippen LogP contribution in [0.2, 0.25) is 0 Å². The predicted octanol–water partition coefficient (Wildman–Crippen LogP) is 3.76. The summed E-state index contributed by atoms with van der Waals surface area (Å²) in [6.45, 7) is 1.79. The van der Waals surface area contributed by atoms with E-state index in [-0.39, 0.29) is 12.4 Å². The molecule has 0 saturated heterocycles. The molecule has 0 radical (unpaired) electrons. The zero-order valence-electron chi connectivity index (χ0n) is 10.7. The van der Waals surface area contributed by atoms with Gasteiger partial charge in [0.2, 0.25) is 0 Å². The second-order valence-corrected chi connectivity index (χ2v) is 4.09. The molecule has 2 aromatic carbocycles. The topological polar surface area (TPSA) is 46.5 Å². The van der Waals surface area contributed by atoms with Crippen molar-refractivity contribution in [2.45, 2.75) is 6.92 Å². The van der Waals surface area contributed by atoms with E-state index in [1.54, 1.807) is 14.0 Å². The van der Waals surface area contributed by atoms with Gasteiger partial charge in [-0.15, -0.1) is 12.4 Å². The molecule has 0 atom stereocenters. The number of hydrogen-bond donors (Lipinski definition) is 1. The quantitative estimate of drug-likeness (QED) is 0.870. The summed E-state index contributed by atoms with van der Waals surface area (Å²) < 4.78 is 5.16. The maximum atomic E-state index is 10.6. The average Bonchev–Trinajstić information content (AvgIpc) is 2.36. The minimum Gasteiger partial charge on any atom is -0.497 e. The van der Waals surface area contributed by atoms with Crippen molar-refractivity contribution in [3.8, 4) is 5.75 Å². The van der Waals surface area contributed by atoms with Crippen LogP contribution in [-0.2, 0) is 4.79 Å². The number of rotatable bonds is 3. The molecule has 4 heteroatoms. The molecule has 0 aliphatic rings. The summed E-state index contributed by atoms with van der Waals surface area (Å²) in [5, 5.41) is 10.9. The molecular weight excluding hydrogens is 264 g/mol. The first-order valence-electron chi connectivity index (χ1n) is 5.59. The van der Waals surface area contributed by atoms with Crippen LogP contribution in [0.15, 0.2) is 42.5 Å². The van der Waals surface area contributed by atoms with Gasteiger partial charge < -0.3 is 9.84 Å². The van der Waals surface area contributed by atoms with Gasteiger partial charge in [0.25, 0.3) is 0 Å². The van der Waals surface area contributed by atoms with Crippen molar-refractivity contribution in [2.75, 3.05) is 7.11 Å². The third-order valence-corrected chi connectivity index (χ3v) is 2.84. The number of fused-ring (bicyclic) bond motifs is 1. The van der Waals surface area contributed by atoms with Crippen molar-refractivity contribution in [1.82, 2.24) is 0 Å².